The monoisotopic (exact) mass is 241 g/mol. The minimum absolute atomic E-state index is 0.157. The highest BCUT2D eigenvalue weighted by atomic mass is 32.1. The highest BCUT2D eigenvalue weighted by molar-refractivity contribution is 7.09. The molecule has 0 saturated heterocycles. The summed E-state index contributed by atoms with van der Waals surface area (Å²) in [6.07, 6.45) is 2.93. The second kappa shape index (κ2) is 7.54. The van der Waals surface area contributed by atoms with Crippen LogP contribution in [0.1, 0.15) is 24.1 Å². The van der Waals surface area contributed by atoms with Crippen molar-refractivity contribution >= 4 is 17.1 Å². The number of nitrogens with two attached hydrogens (primary N) is 1. The Hall–Kier alpha value is -0.710. The second-order valence-corrected chi connectivity index (χ2v) is 4.82. The normalized spacial score (nSPS) is 12.6. The Morgan fingerprint density at radius 3 is 3.06 bits per heavy atom. The SMILES string of the molecule is COCCCC(N)C(=O)CCc1cccs1. The third kappa shape index (κ3) is 4.88. The molecule has 0 aliphatic rings. The molecule has 0 fully saturated rings. The summed E-state index contributed by atoms with van der Waals surface area (Å²) in [5, 5.41) is 2.03. The molecule has 4 heteroatoms. The van der Waals surface area contributed by atoms with Gasteiger partial charge in [0.15, 0.2) is 0 Å². The minimum Gasteiger partial charge on any atom is -0.385 e. The molecule has 1 heterocycles. The molecule has 0 amide bonds. The van der Waals surface area contributed by atoms with E-state index in [0.29, 0.717) is 13.0 Å². The lowest BCUT2D eigenvalue weighted by molar-refractivity contribution is -0.120. The summed E-state index contributed by atoms with van der Waals surface area (Å²) in [5.74, 6) is 0.157. The van der Waals surface area contributed by atoms with E-state index in [4.69, 9.17) is 10.5 Å². The van der Waals surface area contributed by atoms with Crippen molar-refractivity contribution in [2.75, 3.05) is 13.7 Å². The molecule has 0 saturated carbocycles. The first kappa shape index (κ1) is 13.4. The Morgan fingerprint density at radius 1 is 1.62 bits per heavy atom. The number of ketones is 1. The van der Waals surface area contributed by atoms with Gasteiger partial charge in [-0.25, -0.2) is 0 Å². The lowest BCUT2D eigenvalue weighted by Crippen LogP contribution is -2.30. The molecule has 2 N–H and O–H groups in total. The van der Waals surface area contributed by atoms with Crippen molar-refractivity contribution in [3.63, 3.8) is 0 Å². The van der Waals surface area contributed by atoms with Crippen molar-refractivity contribution in [3.05, 3.63) is 22.4 Å². The van der Waals surface area contributed by atoms with Gasteiger partial charge in [-0.1, -0.05) is 6.07 Å². The van der Waals surface area contributed by atoms with Crippen LogP contribution in [0.3, 0.4) is 0 Å². The number of hydrogen-bond donors (Lipinski definition) is 1. The maximum absolute atomic E-state index is 11.7. The molecule has 1 unspecified atom stereocenters. The van der Waals surface area contributed by atoms with Crippen LogP contribution in [-0.4, -0.2) is 25.5 Å². The van der Waals surface area contributed by atoms with Crippen molar-refractivity contribution in [3.8, 4) is 0 Å². The number of aryl methyl sites for hydroxylation is 1. The smallest absolute Gasteiger partial charge is 0.149 e. The van der Waals surface area contributed by atoms with E-state index in [0.717, 1.165) is 19.3 Å². The third-order valence-corrected chi connectivity index (χ3v) is 3.41. The van der Waals surface area contributed by atoms with E-state index in [1.807, 2.05) is 17.5 Å². The van der Waals surface area contributed by atoms with E-state index in [1.165, 1.54) is 4.88 Å². The number of ether oxygens (including phenoxy) is 1. The molecule has 0 bridgehead atoms. The van der Waals surface area contributed by atoms with Gasteiger partial charge < -0.3 is 10.5 Å². The summed E-state index contributed by atoms with van der Waals surface area (Å²) in [7, 11) is 1.66. The van der Waals surface area contributed by atoms with Crippen molar-refractivity contribution in [1.29, 1.82) is 0 Å². The van der Waals surface area contributed by atoms with Crippen LogP contribution in [0.15, 0.2) is 17.5 Å². The van der Waals surface area contributed by atoms with Crippen LogP contribution in [0.4, 0.5) is 0 Å². The average molecular weight is 241 g/mol. The molecule has 0 aliphatic heterocycles. The number of Topliss-reactive ketones (excluding diaryl/α,β-unsaturated/α-hetero) is 1. The first-order chi connectivity index (χ1) is 7.74. The number of methoxy groups -OCH3 is 1. The van der Waals surface area contributed by atoms with Crippen LogP contribution < -0.4 is 5.73 Å². The van der Waals surface area contributed by atoms with Crippen LogP contribution in [0.2, 0.25) is 0 Å². The molecule has 1 aromatic rings. The minimum atomic E-state index is -0.324. The van der Waals surface area contributed by atoms with Gasteiger partial charge in [-0.05, 0) is 30.7 Å². The van der Waals surface area contributed by atoms with Gasteiger partial charge in [-0.15, -0.1) is 11.3 Å². The standard InChI is InChI=1S/C12H19NO2S/c1-15-8-2-5-11(13)12(14)7-6-10-4-3-9-16-10/h3-4,9,11H,2,5-8,13H2,1H3. The van der Waals surface area contributed by atoms with E-state index in [-0.39, 0.29) is 11.8 Å². The first-order valence-electron chi connectivity index (χ1n) is 5.53. The van der Waals surface area contributed by atoms with Gasteiger partial charge in [0.2, 0.25) is 0 Å². The number of thiophene rings is 1. The Balaban J connectivity index is 2.18. The van der Waals surface area contributed by atoms with Crippen molar-refractivity contribution in [2.24, 2.45) is 5.73 Å². The highest BCUT2D eigenvalue weighted by Crippen LogP contribution is 2.12. The van der Waals surface area contributed by atoms with E-state index < -0.39 is 0 Å². The molecule has 16 heavy (non-hydrogen) atoms. The highest BCUT2D eigenvalue weighted by Gasteiger charge is 2.12. The van der Waals surface area contributed by atoms with E-state index in [9.17, 15) is 4.79 Å². The Bertz CT molecular complexity index is 298. The number of carbonyl (C=O) groups excluding carboxylic acids is 1. The van der Waals surface area contributed by atoms with Gasteiger partial charge in [0, 0.05) is 25.0 Å². The summed E-state index contributed by atoms with van der Waals surface area (Å²) in [4.78, 5) is 12.9. The molecule has 0 aliphatic carbocycles. The molecule has 1 rings (SSSR count). The molecule has 0 aromatic carbocycles. The molecule has 90 valence electrons. The zero-order chi connectivity index (χ0) is 11.8. The van der Waals surface area contributed by atoms with E-state index in [2.05, 4.69) is 0 Å². The first-order valence-corrected chi connectivity index (χ1v) is 6.41. The van der Waals surface area contributed by atoms with Crippen LogP contribution >= 0.6 is 11.3 Å². The number of hydrogen-bond acceptors (Lipinski definition) is 4. The van der Waals surface area contributed by atoms with Crippen LogP contribution in [-0.2, 0) is 16.0 Å². The van der Waals surface area contributed by atoms with Gasteiger partial charge in [0.25, 0.3) is 0 Å². The second-order valence-electron chi connectivity index (χ2n) is 3.79. The van der Waals surface area contributed by atoms with E-state index >= 15 is 0 Å². The van der Waals surface area contributed by atoms with Crippen molar-refractivity contribution < 1.29 is 9.53 Å². The summed E-state index contributed by atoms with van der Waals surface area (Å²) in [6, 6.07) is 3.73. The lowest BCUT2D eigenvalue weighted by Gasteiger charge is -2.09. The number of carbonyl (C=O) groups is 1. The topological polar surface area (TPSA) is 52.3 Å². The van der Waals surface area contributed by atoms with Gasteiger partial charge in [-0.3, -0.25) is 4.79 Å². The molecule has 1 atom stereocenters. The molecule has 3 nitrogen and oxygen atoms in total. The van der Waals surface area contributed by atoms with Gasteiger partial charge in [0.05, 0.1) is 6.04 Å². The van der Waals surface area contributed by atoms with Gasteiger partial charge in [0.1, 0.15) is 5.78 Å². The Kier molecular flexibility index (Phi) is 6.30. The summed E-state index contributed by atoms with van der Waals surface area (Å²) >= 11 is 1.69. The Morgan fingerprint density at radius 2 is 2.44 bits per heavy atom. The number of rotatable bonds is 8. The van der Waals surface area contributed by atoms with Crippen molar-refractivity contribution in [1.82, 2.24) is 0 Å². The lowest BCUT2D eigenvalue weighted by atomic mass is 10.0. The molecular formula is C12H19NO2S. The fourth-order valence-corrected chi connectivity index (χ4v) is 2.20. The maximum Gasteiger partial charge on any atom is 0.149 e. The Labute approximate surface area is 101 Å². The molecular weight excluding hydrogens is 222 g/mol. The predicted octanol–water partition coefficient (Wildman–Crippen LogP) is 2.00. The molecule has 0 spiro atoms. The summed E-state index contributed by atoms with van der Waals surface area (Å²) in [6.45, 7) is 0.673. The van der Waals surface area contributed by atoms with Crippen LogP contribution in [0.5, 0.6) is 0 Å². The third-order valence-electron chi connectivity index (χ3n) is 2.48. The summed E-state index contributed by atoms with van der Waals surface area (Å²) < 4.78 is 4.93. The zero-order valence-electron chi connectivity index (χ0n) is 9.65. The predicted molar refractivity (Wildman–Crippen MR) is 66.7 cm³/mol. The zero-order valence-corrected chi connectivity index (χ0v) is 10.5. The fourth-order valence-electron chi connectivity index (χ4n) is 1.50. The molecule has 0 radical (unpaired) electrons. The quantitative estimate of drug-likeness (QED) is 0.708. The fraction of sp³-hybridized carbons (Fsp3) is 0.583. The van der Waals surface area contributed by atoms with Gasteiger partial charge in [-0.2, -0.15) is 0 Å². The van der Waals surface area contributed by atoms with Crippen LogP contribution in [0.25, 0.3) is 0 Å². The molecule has 1 aromatic heterocycles. The van der Waals surface area contributed by atoms with Crippen LogP contribution in [0, 0.1) is 0 Å². The maximum atomic E-state index is 11.7. The van der Waals surface area contributed by atoms with E-state index in [1.54, 1.807) is 18.4 Å². The average Bonchev–Trinajstić information content (AvgIpc) is 2.79. The summed E-state index contributed by atoms with van der Waals surface area (Å²) in [5.41, 5.74) is 5.80. The largest absolute Gasteiger partial charge is 0.385 e. The van der Waals surface area contributed by atoms with Gasteiger partial charge >= 0.3 is 0 Å². The van der Waals surface area contributed by atoms with Crippen molar-refractivity contribution in [2.45, 2.75) is 31.7 Å².